The predicted molar refractivity (Wildman–Crippen MR) is 128 cm³/mol. The summed E-state index contributed by atoms with van der Waals surface area (Å²) in [7, 11) is 0. The lowest BCUT2D eigenvalue weighted by atomic mass is 10.0. The van der Waals surface area contributed by atoms with Crippen LogP contribution in [0, 0.1) is 11.8 Å². The van der Waals surface area contributed by atoms with Gasteiger partial charge in [0.1, 0.15) is 24.1 Å². The fraction of sp³-hybridized carbons (Fsp3) is 0.370. The van der Waals surface area contributed by atoms with Gasteiger partial charge < -0.3 is 29.0 Å². The molecule has 178 valence electrons. The molecule has 1 aromatic heterocycles. The zero-order chi connectivity index (χ0) is 23.8. The van der Waals surface area contributed by atoms with Crippen LogP contribution in [0.3, 0.4) is 0 Å². The first kappa shape index (κ1) is 24.1. The molecule has 34 heavy (non-hydrogen) atoms. The van der Waals surface area contributed by atoms with Crippen molar-refractivity contribution in [1.82, 2.24) is 9.55 Å². The third-order valence-corrected chi connectivity index (χ3v) is 5.59. The van der Waals surface area contributed by atoms with Crippen LogP contribution in [0.5, 0.6) is 0 Å². The maximum atomic E-state index is 9.85. The fourth-order valence-corrected chi connectivity index (χ4v) is 3.76. The second-order valence-electron chi connectivity index (χ2n) is 8.19. The molecule has 0 radical (unpaired) electrons. The topological polar surface area (TPSA) is 86.0 Å². The minimum atomic E-state index is -0.733. The highest BCUT2D eigenvalue weighted by Gasteiger charge is 2.15. The third-order valence-electron chi connectivity index (χ3n) is 5.59. The van der Waals surface area contributed by atoms with Crippen LogP contribution in [-0.4, -0.2) is 58.9 Å². The van der Waals surface area contributed by atoms with Crippen molar-refractivity contribution in [3.8, 4) is 23.0 Å². The molecule has 2 aromatic carbocycles. The number of rotatable bonds is 8. The minimum Gasteiger partial charge on any atom is -0.393 e. The summed E-state index contributed by atoms with van der Waals surface area (Å²) in [4.78, 5) is 4.14. The van der Waals surface area contributed by atoms with E-state index >= 15 is 0 Å². The van der Waals surface area contributed by atoms with Crippen LogP contribution in [0.4, 0.5) is 0 Å². The van der Waals surface area contributed by atoms with Crippen molar-refractivity contribution in [2.45, 2.75) is 31.8 Å². The highest BCUT2D eigenvalue weighted by Crippen LogP contribution is 2.21. The number of hydrogen-bond acceptors (Lipinski definition) is 6. The van der Waals surface area contributed by atoms with Gasteiger partial charge in [-0.2, -0.15) is 0 Å². The molecule has 0 aliphatic carbocycles. The van der Waals surface area contributed by atoms with Gasteiger partial charge in [-0.25, -0.2) is 4.98 Å². The minimum absolute atomic E-state index is 0.0162. The largest absolute Gasteiger partial charge is 0.393 e. The maximum absolute atomic E-state index is 9.85. The SMILES string of the molecule is C[C@H](O)c1nccn1[C@@H](C#Cc1ccc(-c2ccc(COCC3COCCO3)cc2)cc1)CO. The van der Waals surface area contributed by atoms with Gasteiger partial charge in [0, 0.05) is 18.0 Å². The molecule has 1 saturated heterocycles. The van der Waals surface area contributed by atoms with Gasteiger partial charge in [-0.15, -0.1) is 0 Å². The summed E-state index contributed by atoms with van der Waals surface area (Å²) in [5, 5.41) is 19.6. The average molecular weight is 463 g/mol. The molecule has 7 heteroatoms. The first-order chi connectivity index (χ1) is 16.6. The van der Waals surface area contributed by atoms with Crippen LogP contribution in [0.25, 0.3) is 11.1 Å². The molecule has 3 aromatic rings. The van der Waals surface area contributed by atoms with Crippen molar-refractivity contribution in [3.63, 3.8) is 0 Å². The number of imidazole rings is 1. The first-order valence-electron chi connectivity index (χ1n) is 11.4. The monoisotopic (exact) mass is 462 g/mol. The quantitative estimate of drug-likeness (QED) is 0.501. The standard InChI is InChI=1S/C27H30N2O5/c1-20(31)27-28-12-13-29(27)25(16-30)11-6-21-2-7-23(8-3-21)24-9-4-22(5-10-24)17-33-19-26-18-32-14-15-34-26/h2-5,7-10,12-13,20,25-26,30-31H,14-19H2,1H3/t20-,25-,26?/m0/s1. The van der Waals surface area contributed by atoms with E-state index in [4.69, 9.17) is 14.2 Å². The van der Waals surface area contributed by atoms with Gasteiger partial charge in [0.25, 0.3) is 0 Å². The Morgan fingerprint density at radius 1 is 1.12 bits per heavy atom. The fourth-order valence-electron chi connectivity index (χ4n) is 3.76. The van der Waals surface area contributed by atoms with Crippen molar-refractivity contribution in [3.05, 3.63) is 77.9 Å². The molecule has 1 aliphatic rings. The molecular weight excluding hydrogens is 432 g/mol. The number of aromatic nitrogens is 2. The molecule has 2 N–H and O–H groups in total. The van der Waals surface area contributed by atoms with E-state index in [1.165, 1.54) is 0 Å². The Hall–Kier alpha value is -2.99. The molecule has 0 spiro atoms. The van der Waals surface area contributed by atoms with Gasteiger partial charge in [0.15, 0.2) is 0 Å². The van der Waals surface area contributed by atoms with Crippen LogP contribution >= 0.6 is 0 Å². The van der Waals surface area contributed by atoms with Crippen LogP contribution in [0.15, 0.2) is 60.9 Å². The summed E-state index contributed by atoms with van der Waals surface area (Å²) < 4.78 is 18.4. The van der Waals surface area contributed by atoms with Crippen molar-refractivity contribution in [1.29, 1.82) is 0 Å². The van der Waals surface area contributed by atoms with Crippen molar-refractivity contribution >= 4 is 0 Å². The van der Waals surface area contributed by atoms with Crippen molar-refractivity contribution in [2.24, 2.45) is 0 Å². The summed E-state index contributed by atoms with van der Waals surface area (Å²) in [5.41, 5.74) is 4.16. The molecule has 0 bridgehead atoms. The number of nitrogens with zero attached hydrogens (tertiary/aromatic N) is 2. The Labute approximate surface area is 199 Å². The van der Waals surface area contributed by atoms with Crippen LogP contribution in [0.1, 0.15) is 36.0 Å². The molecule has 7 nitrogen and oxygen atoms in total. The Morgan fingerprint density at radius 3 is 2.50 bits per heavy atom. The van der Waals surface area contributed by atoms with E-state index in [-0.39, 0.29) is 12.7 Å². The van der Waals surface area contributed by atoms with Gasteiger partial charge in [0.05, 0.1) is 39.6 Å². The van der Waals surface area contributed by atoms with Gasteiger partial charge in [-0.05, 0) is 35.7 Å². The Bertz CT molecular complexity index is 1090. The number of ether oxygens (including phenoxy) is 3. The molecule has 0 amide bonds. The maximum Gasteiger partial charge on any atom is 0.138 e. The van der Waals surface area contributed by atoms with E-state index in [0.29, 0.717) is 38.9 Å². The molecular formula is C27H30N2O5. The van der Waals surface area contributed by atoms with Crippen molar-refractivity contribution < 1.29 is 24.4 Å². The number of hydrogen-bond donors (Lipinski definition) is 2. The van der Waals surface area contributed by atoms with E-state index in [0.717, 1.165) is 22.3 Å². The molecule has 1 unspecified atom stereocenters. The molecule has 4 rings (SSSR count). The smallest absolute Gasteiger partial charge is 0.138 e. The van der Waals surface area contributed by atoms with Gasteiger partial charge in [-0.1, -0.05) is 48.2 Å². The Morgan fingerprint density at radius 2 is 1.85 bits per heavy atom. The second-order valence-corrected chi connectivity index (χ2v) is 8.19. The third kappa shape index (κ3) is 6.32. The van der Waals surface area contributed by atoms with Crippen LogP contribution in [0.2, 0.25) is 0 Å². The van der Waals surface area contributed by atoms with E-state index in [2.05, 4.69) is 41.1 Å². The zero-order valence-corrected chi connectivity index (χ0v) is 19.3. The Balaban J connectivity index is 1.34. The predicted octanol–water partition coefficient (Wildman–Crippen LogP) is 3.12. The van der Waals surface area contributed by atoms with Crippen LogP contribution < -0.4 is 0 Å². The van der Waals surface area contributed by atoms with E-state index in [1.54, 1.807) is 23.9 Å². The second kappa shape index (κ2) is 11.9. The summed E-state index contributed by atoms with van der Waals surface area (Å²) in [6.45, 7) is 4.41. The highest BCUT2D eigenvalue weighted by molar-refractivity contribution is 5.64. The van der Waals surface area contributed by atoms with Crippen molar-refractivity contribution in [2.75, 3.05) is 33.0 Å². The van der Waals surface area contributed by atoms with Gasteiger partial charge in [0.2, 0.25) is 0 Å². The number of aliphatic hydroxyl groups is 2. The highest BCUT2D eigenvalue weighted by atomic mass is 16.6. The summed E-state index contributed by atoms with van der Waals surface area (Å²) in [6.07, 6.45) is 2.60. The molecule has 2 heterocycles. The van der Waals surface area contributed by atoms with E-state index in [9.17, 15) is 10.2 Å². The number of benzene rings is 2. The zero-order valence-electron chi connectivity index (χ0n) is 19.3. The summed E-state index contributed by atoms with van der Waals surface area (Å²) in [5.74, 6) is 6.67. The van der Waals surface area contributed by atoms with E-state index < -0.39 is 12.1 Å². The summed E-state index contributed by atoms with van der Waals surface area (Å²) in [6, 6.07) is 15.8. The lowest BCUT2D eigenvalue weighted by Gasteiger charge is -2.22. The van der Waals surface area contributed by atoms with Gasteiger partial charge >= 0.3 is 0 Å². The average Bonchev–Trinajstić information content (AvgIpc) is 3.36. The first-order valence-corrected chi connectivity index (χ1v) is 11.4. The molecule has 1 fully saturated rings. The number of aliphatic hydroxyl groups excluding tert-OH is 2. The van der Waals surface area contributed by atoms with E-state index in [1.807, 2.05) is 24.3 Å². The van der Waals surface area contributed by atoms with Crippen LogP contribution in [-0.2, 0) is 20.8 Å². The summed E-state index contributed by atoms with van der Waals surface area (Å²) >= 11 is 0. The normalized spacial score (nSPS) is 17.6. The molecule has 1 aliphatic heterocycles. The molecule has 3 atom stereocenters. The Kier molecular flexibility index (Phi) is 8.47. The lowest BCUT2D eigenvalue weighted by molar-refractivity contribution is -0.117. The molecule has 0 saturated carbocycles. The lowest BCUT2D eigenvalue weighted by Crippen LogP contribution is -2.32. The van der Waals surface area contributed by atoms with Gasteiger partial charge in [-0.3, -0.25) is 0 Å².